The van der Waals surface area contributed by atoms with Crippen LogP contribution < -0.4 is 0 Å². The van der Waals surface area contributed by atoms with E-state index in [2.05, 4.69) is 6.92 Å². The van der Waals surface area contributed by atoms with E-state index < -0.39 is 0 Å². The molecule has 0 aliphatic heterocycles. The third-order valence-corrected chi connectivity index (χ3v) is 2.04. The van der Waals surface area contributed by atoms with Gasteiger partial charge < -0.3 is 5.11 Å². The van der Waals surface area contributed by atoms with Crippen LogP contribution >= 0.6 is 11.6 Å². The number of hydrogen-bond donors (Lipinski definition) is 1. The van der Waals surface area contributed by atoms with Crippen LogP contribution in [0.2, 0.25) is 0 Å². The highest BCUT2D eigenvalue weighted by molar-refractivity contribution is 6.30. The molecule has 0 unspecified atom stereocenters. The normalized spacial score (nSPS) is 36.1. The monoisotopic (exact) mass is 146 g/mol. The molecule has 0 fully saturated rings. The van der Waals surface area contributed by atoms with E-state index in [0.717, 1.165) is 12.8 Å². The maximum atomic E-state index is 9.10. The summed E-state index contributed by atoms with van der Waals surface area (Å²) in [5.74, 6) is 0.542. The van der Waals surface area contributed by atoms with Crippen molar-refractivity contribution < 1.29 is 5.11 Å². The minimum atomic E-state index is -0.386. The lowest BCUT2D eigenvalue weighted by Crippen LogP contribution is -2.13. The van der Waals surface area contributed by atoms with E-state index in [4.69, 9.17) is 16.7 Å². The van der Waals surface area contributed by atoms with Crippen LogP contribution in [-0.2, 0) is 0 Å². The van der Waals surface area contributed by atoms with Crippen molar-refractivity contribution in [3.8, 4) is 0 Å². The van der Waals surface area contributed by atoms with E-state index in [9.17, 15) is 0 Å². The fourth-order valence-electron chi connectivity index (χ4n) is 1.02. The zero-order chi connectivity index (χ0) is 6.85. The molecule has 9 heavy (non-hydrogen) atoms. The Morgan fingerprint density at radius 1 is 1.67 bits per heavy atom. The highest BCUT2D eigenvalue weighted by Crippen LogP contribution is 2.24. The second-order valence-electron chi connectivity index (χ2n) is 2.62. The smallest absolute Gasteiger partial charge is 0.0892 e. The molecule has 1 nitrogen and oxygen atoms in total. The number of hydrogen-bond acceptors (Lipinski definition) is 1. The highest BCUT2D eigenvalue weighted by atomic mass is 35.5. The SMILES string of the molecule is C[C@@H]1C=C(Cl)[C@H](O)CC1. The zero-order valence-corrected chi connectivity index (χ0v) is 6.23. The van der Waals surface area contributed by atoms with Gasteiger partial charge in [-0.15, -0.1) is 0 Å². The minimum Gasteiger partial charge on any atom is -0.388 e. The third kappa shape index (κ3) is 1.70. The van der Waals surface area contributed by atoms with E-state index in [0.29, 0.717) is 11.0 Å². The lowest BCUT2D eigenvalue weighted by molar-refractivity contribution is 0.192. The topological polar surface area (TPSA) is 20.2 Å². The van der Waals surface area contributed by atoms with Crippen LogP contribution in [0.25, 0.3) is 0 Å². The van der Waals surface area contributed by atoms with Gasteiger partial charge in [-0.3, -0.25) is 0 Å². The molecule has 0 saturated carbocycles. The van der Waals surface area contributed by atoms with Gasteiger partial charge in [-0.05, 0) is 18.8 Å². The first-order valence-electron chi connectivity index (χ1n) is 3.25. The molecule has 52 valence electrons. The lowest BCUT2D eigenvalue weighted by atomic mass is 9.96. The van der Waals surface area contributed by atoms with Gasteiger partial charge in [0.2, 0.25) is 0 Å². The van der Waals surface area contributed by atoms with Crippen LogP contribution in [0.3, 0.4) is 0 Å². The van der Waals surface area contributed by atoms with Gasteiger partial charge in [-0.1, -0.05) is 24.6 Å². The summed E-state index contributed by atoms with van der Waals surface area (Å²) in [6.45, 7) is 2.11. The van der Waals surface area contributed by atoms with Gasteiger partial charge in [-0.25, -0.2) is 0 Å². The summed E-state index contributed by atoms with van der Waals surface area (Å²) in [5.41, 5.74) is 0. The number of rotatable bonds is 0. The van der Waals surface area contributed by atoms with Crippen LogP contribution in [0.15, 0.2) is 11.1 Å². The van der Waals surface area contributed by atoms with Crippen molar-refractivity contribution in [1.29, 1.82) is 0 Å². The number of allylic oxidation sites excluding steroid dienone is 1. The molecule has 2 heteroatoms. The molecule has 1 rings (SSSR count). The average molecular weight is 147 g/mol. The third-order valence-electron chi connectivity index (χ3n) is 1.66. The van der Waals surface area contributed by atoms with Crippen LogP contribution in [0.1, 0.15) is 19.8 Å². The van der Waals surface area contributed by atoms with Gasteiger partial charge in [0.05, 0.1) is 6.10 Å². The quantitative estimate of drug-likeness (QED) is 0.554. The summed E-state index contributed by atoms with van der Waals surface area (Å²) in [4.78, 5) is 0. The Morgan fingerprint density at radius 3 is 2.78 bits per heavy atom. The molecule has 0 aromatic heterocycles. The molecular weight excluding hydrogens is 136 g/mol. The Hall–Kier alpha value is -0.0100. The molecule has 0 heterocycles. The fraction of sp³-hybridized carbons (Fsp3) is 0.714. The molecule has 0 spiro atoms. The Bertz CT molecular complexity index is 131. The first kappa shape index (κ1) is 7.10. The molecule has 0 aromatic carbocycles. The first-order valence-corrected chi connectivity index (χ1v) is 3.63. The summed E-state index contributed by atoms with van der Waals surface area (Å²) < 4.78 is 0. The van der Waals surface area contributed by atoms with Gasteiger partial charge in [0.1, 0.15) is 0 Å². The fourth-order valence-corrected chi connectivity index (χ4v) is 1.35. The van der Waals surface area contributed by atoms with Gasteiger partial charge in [0, 0.05) is 5.03 Å². The van der Waals surface area contributed by atoms with E-state index in [1.807, 2.05) is 6.08 Å². The van der Waals surface area contributed by atoms with Crippen LogP contribution in [-0.4, -0.2) is 11.2 Å². The van der Waals surface area contributed by atoms with E-state index in [1.165, 1.54) is 0 Å². The molecule has 1 N–H and O–H groups in total. The van der Waals surface area contributed by atoms with Crippen molar-refractivity contribution in [3.05, 3.63) is 11.1 Å². The maximum absolute atomic E-state index is 9.10. The number of aliphatic hydroxyl groups is 1. The van der Waals surface area contributed by atoms with E-state index in [1.54, 1.807) is 0 Å². The molecule has 0 bridgehead atoms. The molecule has 2 atom stereocenters. The summed E-state index contributed by atoms with van der Waals surface area (Å²) in [7, 11) is 0. The maximum Gasteiger partial charge on any atom is 0.0892 e. The summed E-state index contributed by atoms with van der Waals surface area (Å²) in [6, 6.07) is 0. The molecule has 0 radical (unpaired) electrons. The second-order valence-corrected chi connectivity index (χ2v) is 3.06. The zero-order valence-electron chi connectivity index (χ0n) is 5.47. The molecule has 1 aliphatic carbocycles. The molecule has 0 aromatic rings. The van der Waals surface area contributed by atoms with Crippen molar-refractivity contribution in [1.82, 2.24) is 0 Å². The summed E-state index contributed by atoms with van der Waals surface area (Å²) in [5, 5.41) is 9.71. The van der Waals surface area contributed by atoms with Crippen molar-refractivity contribution in [3.63, 3.8) is 0 Å². The summed E-state index contributed by atoms with van der Waals surface area (Å²) >= 11 is 5.67. The Labute approximate surface area is 60.3 Å². The van der Waals surface area contributed by atoms with Crippen LogP contribution in [0.5, 0.6) is 0 Å². The summed E-state index contributed by atoms with van der Waals surface area (Å²) in [6.07, 6.45) is 3.41. The largest absolute Gasteiger partial charge is 0.388 e. The van der Waals surface area contributed by atoms with Crippen molar-refractivity contribution in [2.75, 3.05) is 0 Å². The Kier molecular flexibility index (Phi) is 2.14. The Morgan fingerprint density at radius 2 is 2.33 bits per heavy atom. The number of halogens is 1. The minimum absolute atomic E-state index is 0.386. The van der Waals surface area contributed by atoms with E-state index in [-0.39, 0.29) is 6.10 Å². The van der Waals surface area contributed by atoms with Crippen LogP contribution in [0, 0.1) is 5.92 Å². The van der Waals surface area contributed by atoms with Gasteiger partial charge in [-0.2, -0.15) is 0 Å². The Balaban J connectivity index is 2.61. The standard InChI is InChI=1S/C7H11ClO/c1-5-2-3-7(9)6(8)4-5/h4-5,7,9H,2-3H2,1H3/t5-,7+/m0/s1. The molecular formula is C7H11ClO. The lowest BCUT2D eigenvalue weighted by Gasteiger charge is -2.18. The molecule has 0 saturated heterocycles. The second kappa shape index (κ2) is 2.72. The molecule has 1 aliphatic rings. The van der Waals surface area contributed by atoms with Crippen molar-refractivity contribution in [2.45, 2.75) is 25.9 Å². The van der Waals surface area contributed by atoms with Crippen molar-refractivity contribution in [2.24, 2.45) is 5.92 Å². The van der Waals surface area contributed by atoms with Gasteiger partial charge in [0.25, 0.3) is 0 Å². The molecule has 0 amide bonds. The highest BCUT2D eigenvalue weighted by Gasteiger charge is 2.15. The van der Waals surface area contributed by atoms with Crippen LogP contribution in [0.4, 0.5) is 0 Å². The predicted octanol–water partition coefficient (Wildman–Crippen LogP) is 1.90. The van der Waals surface area contributed by atoms with Crippen molar-refractivity contribution >= 4 is 11.6 Å². The first-order chi connectivity index (χ1) is 4.20. The average Bonchev–Trinajstić information content (AvgIpc) is 1.80. The van der Waals surface area contributed by atoms with E-state index >= 15 is 0 Å². The van der Waals surface area contributed by atoms with Gasteiger partial charge in [0.15, 0.2) is 0 Å². The predicted molar refractivity (Wildman–Crippen MR) is 38.3 cm³/mol. The number of aliphatic hydroxyl groups excluding tert-OH is 1. The van der Waals surface area contributed by atoms with Gasteiger partial charge >= 0.3 is 0 Å².